The maximum atomic E-state index is 11.5. The number of allylic oxidation sites excluding steroid dienone is 1. The fraction of sp³-hybridized carbons (Fsp3) is 0.667. The zero-order chi connectivity index (χ0) is 8.20. The summed E-state index contributed by atoms with van der Waals surface area (Å²) in [5.74, 6) is 0.648. The van der Waals surface area contributed by atoms with E-state index in [1.165, 1.54) is 6.08 Å². The van der Waals surface area contributed by atoms with E-state index in [2.05, 4.69) is 0 Å². The van der Waals surface area contributed by atoms with Crippen molar-refractivity contribution in [3.63, 3.8) is 0 Å². The van der Waals surface area contributed by atoms with Gasteiger partial charge < -0.3 is 12.9 Å². The molecule has 0 spiro atoms. The molecule has 0 unspecified atom stereocenters. The summed E-state index contributed by atoms with van der Waals surface area (Å²) in [7, 11) is 0. The molecular weight excluding hydrogens is 179 g/mol. The van der Waals surface area contributed by atoms with Crippen LogP contribution in [0.1, 0.15) is 20.3 Å². The van der Waals surface area contributed by atoms with Crippen molar-refractivity contribution >= 4 is 6.98 Å². The first-order chi connectivity index (χ1) is 4.42. The van der Waals surface area contributed by atoms with Crippen molar-refractivity contribution < 1.29 is 64.3 Å². The Hall–Kier alpha value is 1.23. The molecule has 0 atom stereocenters. The van der Waals surface area contributed by atoms with Crippen LogP contribution < -0.4 is 51.4 Å². The predicted octanol–water partition coefficient (Wildman–Crippen LogP) is -0.0207. The molecule has 0 radical (unpaired) electrons. The summed E-state index contributed by atoms with van der Waals surface area (Å²) in [6.45, 7) is -0.946. The van der Waals surface area contributed by atoms with Gasteiger partial charge in [0.25, 0.3) is 0 Å². The molecular formula is C6H11BF3K. The zero-order valence-electron chi connectivity index (χ0n) is 7.15. The predicted molar refractivity (Wildman–Crippen MR) is 37.7 cm³/mol. The van der Waals surface area contributed by atoms with Crippen molar-refractivity contribution in [2.75, 3.05) is 0 Å². The van der Waals surface area contributed by atoms with Crippen molar-refractivity contribution in [1.29, 1.82) is 0 Å². The molecule has 0 nitrogen and oxygen atoms in total. The smallest absolute Gasteiger partial charge is 0.445 e. The van der Waals surface area contributed by atoms with Gasteiger partial charge in [-0.2, -0.15) is 0 Å². The Kier molecular flexibility index (Phi) is 9.00. The van der Waals surface area contributed by atoms with Gasteiger partial charge in [-0.05, 0) is 12.3 Å². The van der Waals surface area contributed by atoms with Crippen LogP contribution in [0, 0.1) is 5.92 Å². The third kappa shape index (κ3) is 14.1. The van der Waals surface area contributed by atoms with E-state index >= 15 is 0 Å². The Morgan fingerprint density at radius 3 is 2.00 bits per heavy atom. The molecule has 0 saturated carbocycles. The second-order valence-electron chi connectivity index (χ2n) is 2.68. The molecule has 0 aromatic heterocycles. The fourth-order valence-corrected chi connectivity index (χ4v) is 0.505. The second kappa shape index (κ2) is 6.72. The summed E-state index contributed by atoms with van der Waals surface area (Å²) in [5, 5.41) is 0. The summed E-state index contributed by atoms with van der Waals surface area (Å²) >= 11 is 0. The summed E-state index contributed by atoms with van der Waals surface area (Å²) in [5.41, 5.74) is 0. The van der Waals surface area contributed by atoms with Crippen molar-refractivity contribution in [3.05, 3.63) is 12.1 Å². The monoisotopic (exact) mass is 190 g/mol. The van der Waals surface area contributed by atoms with Gasteiger partial charge in [-0.3, -0.25) is 0 Å². The normalized spacial score (nSPS) is 12.2. The van der Waals surface area contributed by atoms with Crippen LogP contribution in [0.5, 0.6) is 0 Å². The van der Waals surface area contributed by atoms with Gasteiger partial charge in [-0.15, -0.1) is 12.1 Å². The molecule has 0 aliphatic carbocycles. The van der Waals surface area contributed by atoms with E-state index in [4.69, 9.17) is 0 Å². The molecule has 0 N–H and O–H groups in total. The topological polar surface area (TPSA) is 0 Å². The Balaban J connectivity index is 0. The zero-order valence-corrected chi connectivity index (χ0v) is 10.3. The van der Waals surface area contributed by atoms with Crippen molar-refractivity contribution in [2.24, 2.45) is 5.92 Å². The summed E-state index contributed by atoms with van der Waals surface area (Å²) in [6.07, 6.45) is 1.69. The standard InChI is InChI=1S/C6H11BF3.K/c1-6(2)4-3-5-7(8,9)10;/h3,5-6H,4H2,1-2H3;/q-1;+1/b5-3+;. The van der Waals surface area contributed by atoms with Gasteiger partial charge in [0.2, 0.25) is 0 Å². The van der Waals surface area contributed by atoms with Gasteiger partial charge in [0, 0.05) is 0 Å². The fourth-order valence-electron chi connectivity index (χ4n) is 0.505. The van der Waals surface area contributed by atoms with Gasteiger partial charge in [0.15, 0.2) is 0 Å². The van der Waals surface area contributed by atoms with Crippen LogP contribution >= 0.6 is 0 Å². The molecule has 11 heavy (non-hydrogen) atoms. The van der Waals surface area contributed by atoms with E-state index in [1.807, 2.05) is 13.8 Å². The number of rotatable bonds is 3. The molecule has 5 heteroatoms. The Morgan fingerprint density at radius 2 is 1.73 bits per heavy atom. The molecule has 0 aromatic carbocycles. The maximum Gasteiger partial charge on any atom is 1.00 e. The molecule has 0 amide bonds. The van der Waals surface area contributed by atoms with Crippen LogP contribution in [-0.4, -0.2) is 6.98 Å². The molecule has 0 heterocycles. The third-order valence-electron chi connectivity index (χ3n) is 0.962. The van der Waals surface area contributed by atoms with Gasteiger partial charge in [0.05, 0.1) is 0 Å². The van der Waals surface area contributed by atoms with Gasteiger partial charge in [-0.1, -0.05) is 13.8 Å². The Bertz CT molecular complexity index is 119. The average molecular weight is 190 g/mol. The van der Waals surface area contributed by atoms with E-state index in [-0.39, 0.29) is 51.4 Å². The molecule has 0 aliphatic rings. The van der Waals surface area contributed by atoms with Crippen molar-refractivity contribution in [2.45, 2.75) is 20.3 Å². The van der Waals surface area contributed by atoms with Crippen LogP contribution in [0.15, 0.2) is 12.1 Å². The third-order valence-corrected chi connectivity index (χ3v) is 0.962. The quantitative estimate of drug-likeness (QED) is 0.548. The van der Waals surface area contributed by atoms with Crippen LogP contribution in [0.3, 0.4) is 0 Å². The van der Waals surface area contributed by atoms with E-state index in [0.29, 0.717) is 18.3 Å². The Morgan fingerprint density at radius 1 is 1.27 bits per heavy atom. The minimum Gasteiger partial charge on any atom is -0.445 e. The minimum atomic E-state index is -4.71. The molecule has 60 valence electrons. The minimum absolute atomic E-state index is 0. The first-order valence-corrected chi connectivity index (χ1v) is 3.29. The molecule has 0 saturated heterocycles. The van der Waals surface area contributed by atoms with Crippen molar-refractivity contribution in [1.82, 2.24) is 0 Å². The van der Waals surface area contributed by atoms with Crippen LogP contribution in [0.4, 0.5) is 12.9 Å². The molecule has 0 aliphatic heterocycles. The summed E-state index contributed by atoms with van der Waals surface area (Å²) < 4.78 is 34.4. The van der Waals surface area contributed by atoms with Crippen LogP contribution in [-0.2, 0) is 0 Å². The number of halogens is 3. The second-order valence-corrected chi connectivity index (χ2v) is 2.68. The molecule has 0 rings (SSSR count). The van der Waals surface area contributed by atoms with E-state index < -0.39 is 6.98 Å². The van der Waals surface area contributed by atoms with Crippen LogP contribution in [0.2, 0.25) is 0 Å². The molecule has 0 aromatic rings. The van der Waals surface area contributed by atoms with E-state index in [1.54, 1.807) is 0 Å². The average Bonchev–Trinajstić information content (AvgIpc) is 1.59. The summed E-state index contributed by atoms with van der Waals surface area (Å²) in [4.78, 5) is 0. The van der Waals surface area contributed by atoms with Gasteiger partial charge in [0.1, 0.15) is 0 Å². The van der Waals surface area contributed by atoms with Crippen molar-refractivity contribution in [3.8, 4) is 0 Å². The summed E-state index contributed by atoms with van der Waals surface area (Å²) in [6, 6.07) is 0. The maximum absolute atomic E-state index is 11.5. The largest absolute Gasteiger partial charge is 1.00 e. The Labute approximate surface area is 108 Å². The molecule has 0 fully saturated rings. The SMILES string of the molecule is CC(C)C/C=C/[B-](F)(F)F.[K+]. The van der Waals surface area contributed by atoms with E-state index in [0.717, 1.165) is 0 Å². The molecule has 0 bridgehead atoms. The van der Waals surface area contributed by atoms with Crippen LogP contribution in [0.25, 0.3) is 0 Å². The van der Waals surface area contributed by atoms with Gasteiger partial charge in [-0.25, -0.2) is 0 Å². The van der Waals surface area contributed by atoms with E-state index in [9.17, 15) is 12.9 Å². The number of hydrogen-bond donors (Lipinski definition) is 0. The van der Waals surface area contributed by atoms with Gasteiger partial charge >= 0.3 is 58.4 Å². The first-order valence-electron chi connectivity index (χ1n) is 3.29. The first kappa shape index (κ1) is 14.7. The number of hydrogen-bond acceptors (Lipinski definition) is 0.